The minimum atomic E-state index is -0.623. The lowest BCUT2D eigenvalue weighted by atomic mass is 9.97. The minimum absolute atomic E-state index is 0.0249. The topological polar surface area (TPSA) is 12.0 Å². The maximum Gasteiger partial charge on any atom is 0.132 e. The Morgan fingerprint density at radius 2 is 1.80 bits per heavy atom. The van der Waals surface area contributed by atoms with E-state index in [1.54, 1.807) is 24.3 Å². The van der Waals surface area contributed by atoms with Crippen molar-refractivity contribution in [3.8, 4) is 0 Å². The zero-order valence-corrected chi connectivity index (χ0v) is 13.1. The molecule has 5 heteroatoms. The quantitative estimate of drug-likeness (QED) is 0.802. The van der Waals surface area contributed by atoms with Gasteiger partial charge < -0.3 is 5.32 Å². The van der Waals surface area contributed by atoms with Crippen LogP contribution in [0, 0.1) is 11.6 Å². The molecule has 0 amide bonds. The van der Waals surface area contributed by atoms with Gasteiger partial charge in [0.15, 0.2) is 0 Å². The predicted molar refractivity (Wildman–Crippen MR) is 81.0 cm³/mol. The van der Waals surface area contributed by atoms with Crippen LogP contribution in [0.15, 0.2) is 40.9 Å². The third-order valence-electron chi connectivity index (χ3n) is 2.96. The normalized spacial score (nSPS) is 12.4. The lowest BCUT2D eigenvalue weighted by Crippen LogP contribution is -2.24. The summed E-state index contributed by atoms with van der Waals surface area (Å²) < 4.78 is 28.7. The Balaban J connectivity index is 2.58. The van der Waals surface area contributed by atoms with E-state index in [0.717, 1.165) is 0 Å². The summed E-state index contributed by atoms with van der Waals surface area (Å²) in [6.45, 7) is 2.43. The van der Waals surface area contributed by atoms with Crippen LogP contribution in [0.5, 0.6) is 0 Å². The van der Waals surface area contributed by atoms with E-state index in [2.05, 4.69) is 21.2 Å². The summed E-state index contributed by atoms with van der Waals surface area (Å²) in [7, 11) is 0. The second-order valence-electron chi connectivity index (χ2n) is 4.30. The molecule has 0 saturated heterocycles. The molecule has 2 rings (SSSR count). The molecule has 20 heavy (non-hydrogen) atoms. The first-order chi connectivity index (χ1) is 9.54. The van der Waals surface area contributed by atoms with E-state index >= 15 is 0 Å². The summed E-state index contributed by atoms with van der Waals surface area (Å²) in [5.74, 6) is -1.22. The first-order valence-electron chi connectivity index (χ1n) is 6.16. The van der Waals surface area contributed by atoms with Crippen molar-refractivity contribution >= 4 is 27.5 Å². The average Bonchev–Trinajstić information content (AvgIpc) is 2.37. The van der Waals surface area contributed by atoms with Gasteiger partial charge in [0.05, 0.1) is 6.04 Å². The van der Waals surface area contributed by atoms with Crippen molar-refractivity contribution in [2.45, 2.75) is 13.0 Å². The first-order valence-corrected chi connectivity index (χ1v) is 7.34. The van der Waals surface area contributed by atoms with Crippen LogP contribution in [0.4, 0.5) is 8.78 Å². The molecule has 1 nitrogen and oxygen atoms in total. The molecule has 1 N–H and O–H groups in total. The maximum atomic E-state index is 14.1. The number of hydrogen-bond donors (Lipinski definition) is 1. The van der Waals surface area contributed by atoms with Gasteiger partial charge in [-0.3, -0.25) is 0 Å². The molecule has 0 aliphatic rings. The zero-order chi connectivity index (χ0) is 14.7. The fourth-order valence-corrected chi connectivity index (χ4v) is 2.76. The van der Waals surface area contributed by atoms with Crippen molar-refractivity contribution in [3.63, 3.8) is 0 Å². The highest BCUT2D eigenvalue weighted by Gasteiger charge is 2.23. The standard InChI is InChI=1S/C15H13BrClF2N/c1-2-20-15(10-5-3-4-6-11(10)17)14-12(18)7-9(16)8-13(14)19/h3-8,15,20H,2H2,1H3. The van der Waals surface area contributed by atoms with Crippen LogP contribution in [0.25, 0.3) is 0 Å². The van der Waals surface area contributed by atoms with Crippen LogP contribution in [0.1, 0.15) is 24.1 Å². The number of benzene rings is 2. The fourth-order valence-electron chi connectivity index (χ4n) is 2.11. The molecule has 0 heterocycles. The smallest absolute Gasteiger partial charge is 0.132 e. The van der Waals surface area contributed by atoms with Gasteiger partial charge in [0, 0.05) is 15.1 Å². The molecular formula is C15H13BrClF2N. The van der Waals surface area contributed by atoms with E-state index in [-0.39, 0.29) is 5.56 Å². The minimum Gasteiger partial charge on any atom is -0.306 e. The summed E-state index contributed by atoms with van der Waals surface area (Å²) >= 11 is 9.23. The summed E-state index contributed by atoms with van der Waals surface area (Å²) in [4.78, 5) is 0. The Hall–Kier alpha value is -0.970. The van der Waals surface area contributed by atoms with Crippen molar-refractivity contribution in [1.82, 2.24) is 5.32 Å². The number of halogens is 4. The third kappa shape index (κ3) is 3.19. The van der Waals surface area contributed by atoms with Crippen LogP contribution in [0.2, 0.25) is 5.02 Å². The van der Waals surface area contributed by atoms with Gasteiger partial charge in [-0.25, -0.2) is 8.78 Å². The van der Waals surface area contributed by atoms with Crippen LogP contribution in [-0.4, -0.2) is 6.54 Å². The lowest BCUT2D eigenvalue weighted by molar-refractivity contribution is 0.509. The number of nitrogens with one attached hydrogen (secondary N) is 1. The van der Waals surface area contributed by atoms with Gasteiger partial charge in [-0.05, 0) is 30.3 Å². The van der Waals surface area contributed by atoms with Crippen LogP contribution < -0.4 is 5.32 Å². The molecule has 0 spiro atoms. The molecule has 0 aromatic heterocycles. The van der Waals surface area contributed by atoms with Gasteiger partial charge in [0.1, 0.15) is 11.6 Å². The molecule has 106 valence electrons. The van der Waals surface area contributed by atoms with Crippen LogP contribution in [-0.2, 0) is 0 Å². The molecule has 0 aliphatic carbocycles. The molecule has 0 saturated carbocycles. The number of rotatable bonds is 4. The SMILES string of the molecule is CCNC(c1ccccc1Cl)c1c(F)cc(Br)cc1F. The Morgan fingerprint density at radius 3 is 2.35 bits per heavy atom. The summed E-state index contributed by atoms with van der Waals surface area (Å²) in [6.07, 6.45) is 0. The van der Waals surface area contributed by atoms with Crippen molar-refractivity contribution in [2.24, 2.45) is 0 Å². The van der Waals surface area contributed by atoms with Crippen molar-refractivity contribution in [1.29, 1.82) is 0 Å². The first kappa shape index (κ1) is 15.4. The highest BCUT2D eigenvalue weighted by atomic mass is 79.9. The maximum absolute atomic E-state index is 14.1. The Kier molecular flexibility index (Phi) is 5.13. The van der Waals surface area contributed by atoms with E-state index in [1.807, 2.05) is 6.92 Å². The monoisotopic (exact) mass is 359 g/mol. The molecule has 0 fully saturated rings. The van der Waals surface area contributed by atoms with Crippen molar-refractivity contribution in [3.05, 3.63) is 68.7 Å². The molecule has 0 bridgehead atoms. The van der Waals surface area contributed by atoms with Gasteiger partial charge in [-0.15, -0.1) is 0 Å². The van der Waals surface area contributed by atoms with Gasteiger partial charge >= 0.3 is 0 Å². The lowest BCUT2D eigenvalue weighted by Gasteiger charge is -2.21. The fraction of sp³-hybridized carbons (Fsp3) is 0.200. The van der Waals surface area contributed by atoms with Crippen molar-refractivity contribution in [2.75, 3.05) is 6.54 Å². The Labute approximate surface area is 130 Å². The van der Waals surface area contributed by atoms with Crippen molar-refractivity contribution < 1.29 is 8.78 Å². The van der Waals surface area contributed by atoms with Crippen LogP contribution >= 0.6 is 27.5 Å². The van der Waals surface area contributed by atoms with Gasteiger partial charge in [0.2, 0.25) is 0 Å². The average molecular weight is 361 g/mol. The Bertz CT molecular complexity index is 596. The summed E-state index contributed by atoms with van der Waals surface area (Å²) in [5.41, 5.74) is 0.624. The molecule has 1 atom stereocenters. The Morgan fingerprint density at radius 1 is 1.20 bits per heavy atom. The molecule has 0 aliphatic heterocycles. The van der Waals surface area contributed by atoms with Gasteiger partial charge in [-0.1, -0.05) is 52.7 Å². The second kappa shape index (κ2) is 6.66. The van der Waals surface area contributed by atoms with E-state index in [0.29, 0.717) is 21.6 Å². The van der Waals surface area contributed by atoms with E-state index < -0.39 is 17.7 Å². The second-order valence-corrected chi connectivity index (χ2v) is 5.62. The summed E-state index contributed by atoms with van der Waals surface area (Å²) in [5, 5.41) is 3.55. The van der Waals surface area contributed by atoms with Gasteiger partial charge in [0.25, 0.3) is 0 Å². The molecule has 0 radical (unpaired) electrons. The van der Waals surface area contributed by atoms with E-state index in [1.165, 1.54) is 12.1 Å². The molecule has 2 aromatic carbocycles. The zero-order valence-electron chi connectivity index (χ0n) is 10.8. The molecule has 2 aromatic rings. The third-order valence-corrected chi connectivity index (χ3v) is 3.76. The van der Waals surface area contributed by atoms with E-state index in [9.17, 15) is 8.78 Å². The van der Waals surface area contributed by atoms with Crippen LogP contribution in [0.3, 0.4) is 0 Å². The largest absolute Gasteiger partial charge is 0.306 e. The predicted octanol–water partition coefficient (Wildman–Crippen LogP) is 5.08. The number of hydrogen-bond acceptors (Lipinski definition) is 1. The highest BCUT2D eigenvalue weighted by molar-refractivity contribution is 9.10. The molecule has 1 unspecified atom stereocenters. The van der Waals surface area contributed by atoms with Gasteiger partial charge in [-0.2, -0.15) is 0 Å². The molecular weight excluding hydrogens is 348 g/mol. The summed E-state index contributed by atoms with van der Waals surface area (Å²) in [6, 6.07) is 8.91. The van der Waals surface area contributed by atoms with E-state index in [4.69, 9.17) is 11.6 Å². The highest BCUT2D eigenvalue weighted by Crippen LogP contribution is 2.32.